The summed E-state index contributed by atoms with van der Waals surface area (Å²) in [7, 11) is 0. The second-order valence-electron chi connectivity index (χ2n) is 4.87. The molecule has 2 rings (SSSR count). The number of hydrogen-bond donors (Lipinski definition) is 2. The summed E-state index contributed by atoms with van der Waals surface area (Å²) in [5.41, 5.74) is 5.50. The Bertz CT molecular complexity index is 568. The van der Waals surface area contributed by atoms with E-state index in [1.807, 2.05) is 10.8 Å². The van der Waals surface area contributed by atoms with Gasteiger partial charge in [0.15, 0.2) is 4.34 Å². The van der Waals surface area contributed by atoms with Crippen molar-refractivity contribution in [3.63, 3.8) is 0 Å². The Hall–Kier alpha value is -1.61. The van der Waals surface area contributed by atoms with Crippen molar-refractivity contribution >= 4 is 34.1 Å². The quantitative estimate of drug-likeness (QED) is 0.743. The molecule has 0 radical (unpaired) electrons. The van der Waals surface area contributed by atoms with Gasteiger partial charge >= 0.3 is 0 Å². The van der Waals surface area contributed by atoms with Crippen LogP contribution in [0.5, 0.6) is 0 Å². The third-order valence-electron chi connectivity index (χ3n) is 2.87. The number of nitrogens with two attached hydrogens (primary N) is 1. The van der Waals surface area contributed by atoms with Crippen molar-refractivity contribution in [3.8, 4) is 0 Å². The van der Waals surface area contributed by atoms with E-state index in [4.69, 9.17) is 5.73 Å². The monoisotopic (exact) mass is 326 g/mol. The van der Waals surface area contributed by atoms with Gasteiger partial charge in [-0.1, -0.05) is 36.9 Å². The second-order valence-corrected chi connectivity index (χ2v) is 7.10. The van der Waals surface area contributed by atoms with E-state index in [9.17, 15) is 4.79 Å². The fourth-order valence-electron chi connectivity index (χ4n) is 1.70. The molecule has 21 heavy (non-hydrogen) atoms. The number of thioether (sulfide) groups is 1. The highest BCUT2D eigenvalue weighted by Crippen LogP contribution is 2.23. The Morgan fingerprint density at radius 3 is 2.90 bits per heavy atom. The molecular formula is C12H18N6OS2. The van der Waals surface area contributed by atoms with Crippen LogP contribution in [-0.4, -0.2) is 37.5 Å². The lowest BCUT2D eigenvalue weighted by Crippen LogP contribution is -2.42. The first-order valence-electron chi connectivity index (χ1n) is 6.51. The number of aromatic nitrogens is 4. The summed E-state index contributed by atoms with van der Waals surface area (Å²) in [4.78, 5) is 16.0. The molecule has 0 saturated heterocycles. The topological polar surface area (TPSA) is 98.7 Å². The summed E-state index contributed by atoms with van der Waals surface area (Å²) in [5.74, 6) is 0.619. The molecule has 7 nitrogen and oxygen atoms in total. The van der Waals surface area contributed by atoms with E-state index in [1.165, 1.54) is 23.1 Å². The molecule has 1 amide bonds. The molecule has 0 aliphatic carbocycles. The van der Waals surface area contributed by atoms with E-state index in [0.29, 0.717) is 27.7 Å². The zero-order valence-corrected chi connectivity index (χ0v) is 13.5. The average molecular weight is 326 g/mol. The van der Waals surface area contributed by atoms with E-state index in [2.05, 4.69) is 34.3 Å². The summed E-state index contributed by atoms with van der Waals surface area (Å²) in [6, 6.07) is 0.0618. The maximum absolute atomic E-state index is 12.0. The number of anilines is 1. The molecule has 9 heteroatoms. The fourth-order valence-corrected chi connectivity index (χ4v) is 3.15. The minimum absolute atomic E-state index is 0.0208. The van der Waals surface area contributed by atoms with Crippen molar-refractivity contribution < 1.29 is 4.79 Å². The molecule has 0 unspecified atom stereocenters. The molecule has 114 valence electrons. The minimum Gasteiger partial charge on any atom is -0.374 e. The highest BCUT2D eigenvalue weighted by molar-refractivity contribution is 8.01. The lowest BCUT2D eigenvalue weighted by molar-refractivity contribution is -0.119. The first-order valence-corrected chi connectivity index (χ1v) is 8.31. The average Bonchev–Trinajstić information content (AvgIpc) is 3.07. The van der Waals surface area contributed by atoms with Crippen molar-refractivity contribution in [2.45, 2.75) is 30.8 Å². The lowest BCUT2D eigenvalue weighted by atomic mass is 10.0. The van der Waals surface area contributed by atoms with Crippen LogP contribution in [0.3, 0.4) is 0 Å². The normalized spacial score (nSPS) is 12.5. The first kappa shape index (κ1) is 15.8. The third-order valence-corrected chi connectivity index (χ3v) is 4.75. The summed E-state index contributed by atoms with van der Waals surface area (Å²) < 4.78 is 2.67. The number of amides is 1. The van der Waals surface area contributed by atoms with Crippen LogP contribution in [0.4, 0.5) is 5.13 Å². The Morgan fingerprint density at radius 1 is 1.52 bits per heavy atom. The van der Waals surface area contributed by atoms with Crippen LogP contribution in [0.2, 0.25) is 0 Å². The predicted molar refractivity (Wildman–Crippen MR) is 84.0 cm³/mol. The highest BCUT2D eigenvalue weighted by Gasteiger charge is 2.17. The number of carbonyl (C=O) groups is 1. The summed E-state index contributed by atoms with van der Waals surface area (Å²) in [5, 5.41) is 11.1. The van der Waals surface area contributed by atoms with Gasteiger partial charge in [0.1, 0.15) is 0 Å². The number of imidazole rings is 1. The van der Waals surface area contributed by atoms with Crippen LogP contribution in [0.1, 0.15) is 13.8 Å². The van der Waals surface area contributed by atoms with Gasteiger partial charge in [-0.2, -0.15) is 0 Å². The van der Waals surface area contributed by atoms with E-state index in [0.717, 1.165) is 0 Å². The van der Waals surface area contributed by atoms with Gasteiger partial charge in [0.05, 0.1) is 12.1 Å². The van der Waals surface area contributed by atoms with Crippen LogP contribution in [-0.2, 0) is 11.3 Å². The van der Waals surface area contributed by atoms with Gasteiger partial charge in [-0.05, 0) is 5.92 Å². The van der Waals surface area contributed by atoms with Crippen molar-refractivity contribution in [2.24, 2.45) is 5.92 Å². The number of hydrogen-bond acceptors (Lipinski definition) is 7. The van der Waals surface area contributed by atoms with E-state index < -0.39 is 0 Å². The van der Waals surface area contributed by atoms with Gasteiger partial charge < -0.3 is 15.6 Å². The van der Waals surface area contributed by atoms with Gasteiger partial charge in [-0.15, -0.1) is 10.2 Å². The molecule has 2 aromatic heterocycles. The second kappa shape index (κ2) is 7.41. The van der Waals surface area contributed by atoms with Crippen LogP contribution in [0.15, 0.2) is 23.1 Å². The number of nitrogens with one attached hydrogen (secondary N) is 1. The van der Waals surface area contributed by atoms with Crippen molar-refractivity contribution in [3.05, 3.63) is 18.7 Å². The maximum atomic E-state index is 12.0. The van der Waals surface area contributed by atoms with Crippen LogP contribution in [0, 0.1) is 5.92 Å². The maximum Gasteiger partial charge on any atom is 0.230 e. The van der Waals surface area contributed by atoms with Gasteiger partial charge in [0.2, 0.25) is 11.0 Å². The Balaban J connectivity index is 1.83. The first-order chi connectivity index (χ1) is 10.0. The summed E-state index contributed by atoms with van der Waals surface area (Å²) in [6.45, 7) is 4.88. The number of nitrogens with zero attached hydrogens (tertiary/aromatic N) is 4. The fraction of sp³-hybridized carbons (Fsp3) is 0.500. The molecule has 0 fully saturated rings. The molecule has 0 saturated carbocycles. The molecule has 1 atom stereocenters. The lowest BCUT2D eigenvalue weighted by Gasteiger charge is -2.22. The Morgan fingerprint density at radius 2 is 2.33 bits per heavy atom. The molecule has 0 aromatic carbocycles. The predicted octanol–water partition coefficient (Wildman–Crippen LogP) is 1.25. The molecule has 0 spiro atoms. The number of rotatable bonds is 7. The highest BCUT2D eigenvalue weighted by atomic mass is 32.2. The van der Waals surface area contributed by atoms with Crippen molar-refractivity contribution in [1.82, 2.24) is 25.1 Å². The molecule has 3 N–H and O–H groups in total. The van der Waals surface area contributed by atoms with E-state index in [-0.39, 0.29) is 11.9 Å². The third kappa shape index (κ3) is 5.01. The van der Waals surface area contributed by atoms with Crippen molar-refractivity contribution in [2.75, 3.05) is 11.5 Å². The van der Waals surface area contributed by atoms with Crippen molar-refractivity contribution in [1.29, 1.82) is 0 Å². The molecule has 0 bridgehead atoms. The van der Waals surface area contributed by atoms with E-state index >= 15 is 0 Å². The zero-order valence-electron chi connectivity index (χ0n) is 11.9. The Kier molecular flexibility index (Phi) is 5.57. The van der Waals surface area contributed by atoms with Gasteiger partial charge in [-0.25, -0.2) is 4.98 Å². The SMILES string of the molecule is CC(C)[C@H](Cn1ccnc1)NC(=O)CSc1nnc(N)s1. The zero-order chi connectivity index (χ0) is 15.2. The Labute approximate surface area is 131 Å². The van der Waals surface area contributed by atoms with Gasteiger partial charge in [0, 0.05) is 25.0 Å². The standard InChI is InChI=1S/C12H18N6OS2/c1-8(2)9(5-18-4-3-14-7-18)15-10(19)6-20-12-17-16-11(13)21-12/h3-4,7-9H,5-6H2,1-2H3,(H2,13,16)(H,15,19)/t9-/m0/s1. The smallest absolute Gasteiger partial charge is 0.230 e. The minimum atomic E-state index is -0.0208. The summed E-state index contributed by atoms with van der Waals surface area (Å²) >= 11 is 2.63. The van der Waals surface area contributed by atoms with E-state index in [1.54, 1.807) is 12.5 Å². The molecule has 0 aliphatic rings. The summed E-state index contributed by atoms with van der Waals surface area (Å²) in [6.07, 6.45) is 5.37. The molecule has 2 aromatic rings. The number of nitrogen functional groups attached to an aromatic ring is 1. The molecule has 2 heterocycles. The van der Waals surface area contributed by atoms with Gasteiger partial charge in [-0.3, -0.25) is 4.79 Å². The van der Waals surface area contributed by atoms with Gasteiger partial charge in [0.25, 0.3) is 0 Å². The largest absolute Gasteiger partial charge is 0.374 e. The van der Waals surface area contributed by atoms with Crippen LogP contribution in [0.25, 0.3) is 0 Å². The number of carbonyl (C=O) groups excluding carboxylic acids is 1. The van der Waals surface area contributed by atoms with Crippen LogP contribution < -0.4 is 11.1 Å². The molecule has 0 aliphatic heterocycles. The molecular weight excluding hydrogens is 308 g/mol. The van der Waals surface area contributed by atoms with Crippen LogP contribution >= 0.6 is 23.1 Å².